The number of benzene rings is 1. The maximum atomic E-state index is 12.0. The summed E-state index contributed by atoms with van der Waals surface area (Å²) in [5.41, 5.74) is 2.84. The van der Waals surface area contributed by atoms with Crippen molar-refractivity contribution in [2.75, 3.05) is 18.5 Å². The molecule has 128 valence electrons. The zero-order chi connectivity index (χ0) is 17.7. The number of hydrogen-bond acceptors (Lipinski definition) is 3. The highest BCUT2D eigenvalue weighted by Crippen LogP contribution is 2.32. The topological polar surface area (TPSA) is 53.4 Å². The molecule has 0 aliphatic rings. The summed E-state index contributed by atoms with van der Waals surface area (Å²) < 4.78 is 0. The van der Waals surface area contributed by atoms with Gasteiger partial charge in [-0.25, -0.2) is 9.78 Å². The van der Waals surface area contributed by atoms with E-state index >= 15 is 0 Å². The molecule has 2 rings (SSSR count). The van der Waals surface area contributed by atoms with Crippen LogP contribution in [-0.4, -0.2) is 29.7 Å². The Balaban J connectivity index is 2.68. The van der Waals surface area contributed by atoms with Gasteiger partial charge in [0.1, 0.15) is 11.4 Å². The van der Waals surface area contributed by atoms with Crippen LogP contribution in [0.2, 0.25) is 0 Å². The quantitative estimate of drug-likeness (QED) is 0.793. The monoisotopic (exact) mass is 326 g/mol. The highest BCUT2D eigenvalue weighted by Gasteiger charge is 2.23. The SMILES string of the molecule is CCCCN(C)c1nc(C(C)C)cc(-c2ccccc2)c1C(=O)O. The third-order valence-electron chi connectivity index (χ3n) is 4.12. The molecule has 0 aliphatic heterocycles. The lowest BCUT2D eigenvalue weighted by molar-refractivity contribution is 0.0698. The zero-order valence-electron chi connectivity index (χ0n) is 14.9. The van der Waals surface area contributed by atoms with Gasteiger partial charge in [0.05, 0.1) is 0 Å². The molecule has 1 N–H and O–H groups in total. The van der Waals surface area contributed by atoms with Crippen LogP contribution in [0.1, 0.15) is 55.6 Å². The van der Waals surface area contributed by atoms with Crippen LogP contribution >= 0.6 is 0 Å². The van der Waals surface area contributed by atoms with Gasteiger partial charge < -0.3 is 10.0 Å². The highest BCUT2D eigenvalue weighted by atomic mass is 16.4. The molecule has 2 aromatic rings. The fourth-order valence-corrected chi connectivity index (χ4v) is 2.68. The van der Waals surface area contributed by atoms with Crippen molar-refractivity contribution in [3.8, 4) is 11.1 Å². The number of unbranched alkanes of at least 4 members (excludes halogenated alkanes) is 1. The van der Waals surface area contributed by atoms with E-state index in [4.69, 9.17) is 0 Å². The van der Waals surface area contributed by atoms with Crippen molar-refractivity contribution in [3.63, 3.8) is 0 Å². The van der Waals surface area contributed by atoms with E-state index in [1.807, 2.05) is 48.3 Å². The lowest BCUT2D eigenvalue weighted by Gasteiger charge is -2.23. The maximum Gasteiger partial charge on any atom is 0.340 e. The van der Waals surface area contributed by atoms with Crippen molar-refractivity contribution in [2.24, 2.45) is 0 Å². The number of hydrogen-bond donors (Lipinski definition) is 1. The van der Waals surface area contributed by atoms with Crippen LogP contribution < -0.4 is 4.90 Å². The van der Waals surface area contributed by atoms with Gasteiger partial charge in [0.15, 0.2) is 0 Å². The van der Waals surface area contributed by atoms with Crippen molar-refractivity contribution in [3.05, 3.63) is 47.7 Å². The number of pyridine rings is 1. The average molecular weight is 326 g/mol. The first-order valence-corrected chi connectivity index (χ1v) is 8.50. The molecule has 0 amide bonds. The molecule has 1 aromatic heterocycles. The standard InChI is InChI=1S/C20H26N2O2/c1-5-6-12-22(4)19-18(20(23)24)16(13-17(21-19)14(2)3)15-10-8-7-9-11-15/h7-11,13-14H,5-6,12H2,1-4H3,(H,23,24). The number of rotatable bonds is 7. The molecule has 0 aliphatic carbocycles. The average Bonchev–Trinajstić information content (AvgIpc) is 2.58. The van der Waals surface area contributed by atoms with E-state index in [1.165, 1.54) is 0 Å². The van der Waals surface area contributed by atoms with E-state index in [2.05, 4.69) is 25.8 Å². The molecule has 0 spiro atoms. The molecule has 1 aromatic carbocycles. The summed E-state index contributed by atoms with van der Waals surface area (Å²) in [5, 5.41) is 9.84. The van der Waals surface area contributed by atoms with Gasteiger partial charge in [-0.1, -0.05) is 57.5 Å². The number of carboxylic acid groups (broad SMARTS) is 1. The van der Waals surface area contributed by atoms with Gasteiger partial charge in [-0.2, -0.15) is 0 Å². The number of anilines is 1. The Bertz CT molecular complexity index is 696. The zero-order valence-corrected chi connectivity index (χ0v) is 14.9. The van der Waals surface area contributed by atoms with Crippen molar-refractivity contribution in [1.82, 2.24) is 4.98 Å². The maximum absolute atomic E-state index is 12.0. The number of aromatic carboxylic acids is 1. The van der Waals surface area contributed by atoms with Crippen LogP contribution in [0.15, 0.2) is 36.4 Å². The van der Waals surface area contributed by atoms with Crippen LogP contribution in [0.5, 0.6) is 0 Å². The largest absolute Gasteiger partial charge is 0.478 e. The van der Waals surface area contributed by atoms with E-state index in [-0.39, 0.29) is 11.5 Å². The molecule has 0 unspecified atom stereocenters. The molecule has 1 heterocycles. The molecule has 4 nitrogen and oxygen atoms in total. The van der Waals surface area contributed by atoms with Crippen molar-refractivity contribution in [2.45, 2.75) is 39.5 Å². The predicted octanol–water partition coefficient (Wildman–Crippen LogP) is 4.81. The van der Waals surface area contributed by atoms with Crippen LogP contribution in [0.4, 0.5) is 5.82 Å². The van der Waals surface area contributed by atoms with Crippen LogP contribution in [-0.2, 0) is 0 Å². The molecule has 4 heteroatoms. The van der Waals surface area contributed by atoms with E-state index in [1.54, 1.807) is 0 Å². The Kier molecular flexibility index (Phi) is 5.96. The summed E-state index contributed by atoms with van der Waals surface area (Å²) in [6, 6.07) is 11.6. The normalized spacial score (nSPS) is 10.9. The molecule has 0 saturated heterocycles. The van der Waals surface area contributed by atoms with E-state index in [0.29, 0.717) is 5.82 Å². The first-order valence-electron chi connectivity index (χ1n) is 8.50. The third-order valence-corrected chi connectivity index (χ3v) is 4.12. The van der Waals surface area contributed by atoms with Gasteiger partial charge in [-0.3, -0.25) is 0 Å². The smallest absolute Gasteiger partial charge is 0.340 e. The van der Waals surface area contributed by atoms with Gasteiger partial charge >= 0.3 is 5.97 Å². The van der Waals surface area contributed by atoms with Gasteiger partial charge in [0.2, 0.25) is 0 Å². The summed E-state index contributed by atoms with van der Waals surface area (Å²) in [5.74, 6) is -0.148. The van der Waals surface area contributed by atoms with Crippen LogP contribution in [0.3, 0.4) is 0 Å². The van der Waals surface area contributed by atoms with Gasteiger partial charge in [0.25, 0.3) is 0 Å². The lowest BCUT2D eigenvalue weighted by atomic mass is 9.96. The third kappa shape index (κ3) is 3.94. The van der Waals surface area contributed by atoms with E-state index < -0.39 is 5.97 Å². The minimum Gasteiger partial charge on any atom is -0.478 e. The van der Waals surface area contributed by atoms with Crippen molar-refractivity contribution in [1.29, 1.82) is 0 Å². The molecule has 0 atom stereocenters. The van der Waals surface area contributed by atoms with E-state index in [9.17, 15) is 9.90 Å². The van der Waals surface area contributed by atoms with Crippen molar-refractivity contribution >= 4 is 11.8 Å². The summed E-state index contributed by atoms with van der Waals surface area (Å²) in [4.78, 5) is 18.6. The Morgan fingerprint density at radius 2 is 1.92 bits per heavy atom. The van der Waals surface area contributed by atoms with Gasteiger partial charge in [-0.05, 0) is 24.0 Å². The first-order chi connectivity index (χ1) is 11.5. The summed E-state index contributed by atoms with van der Waals surface area (Å²) in [6.07, 6.45) is 2.06. The molecular formula is C20H26N2O2. The Morgan fingerprint density at radius 3 is 2.46 bits per heavy atom. The predicted molar refractivity (Wildman–Crippen MR) is 98.9 cm³/mol. The summed E-state index contributed by atoms with van der Waals surface area (Å²) >= 11 is 0. The Morgan fingerprint density at radius 1 is 1.25 bits per heavy atom. The van der Waals surface area contributed by atoms with E-state index in [0.717, 1.165) is 36.2 Å². The van der Waals surface area contributed by atoms with Crippen LogP contribution in [0.25, 0.3) is 11.1 Å². The minimum absolute atomic E-state index is 0.230. The molecular weight excluding hydrogens is 300 g/mol. The summed E-state index contributed by atoms with van der Waals surface area (Å²) in [7, 11) is 1.92. The van der Waals surface area contributed by atoms with Crippen molar-refractivity contribution < 1.29 is 9.90 Å². The second-order valence-corrected chi connectivity index (χ2v) is 6.39. The fourth-order valence-electron chi connectivity index (χ4n) is 2.68. The Labute approximate surface area is 144 Å². The lowest BCUT2D eigenvalue weighted by Crippen LogP contribution is -2.23. The van der Waals surface area contributed by atoms with Gasteiger partial charge in [-0.15, -0.1) is 0 Å². The molecule has 0 saturated carbocycles. The first kappa shape index (κ1) is 18.0. The number of nitrogens with zero attached hydrogens (tertiary/aromatic N) is 2. The molecule has 0 radical (unpaired) electrons. The van der Waals surface area contributed by atoms with Gasteiger partial charge in [0, 0.05) is 24.8 Å². The second-order valence-electron chi connectivity index (χ2n) is 6.39. The molecule has 0 bridgehead atoms. The Hall–Kier alpha value is -2.36. The van der Waals surface area contributed by atoms with Crippen LogP contribution in [0, 0.1) is 0 Å². The molecule has 0 fully saturated rings. The fraction of sp³-hybridized carbons (Fsp3) is 0.400. The highest BCUT2D eigenvalue weighted by molar-refractivity contribution is 6.01. The number of aromatic nitrogens is 1. The molecule has 24 heavy (non-hydrogen) atoms. The summed E-state index contributed by atoms with van der Waals surface area (Å²) in [6.45, 7) is 7.07. The minimum atomic E-state index is -0.935. The number of carboxylic acids is 1. The number of carbonyl (C=O) groups is 1. The second kappa shape index (κ2) is 7.95.